The normalized spacial score (nSPS) is 9.93. The van der Waals surface area contributed by atoms with Crippen LogP contribution in [0.4, 0.5) is 5.69 Å². The Hall–Kier alpha value is -1.13. The number of hydrogen-bond donors (Lipinski definition) is 1. The van der Waals surface area contributed by atoms with E-state index in [1.54, 1.807) is 11.3 Å². The third-order valence-electron chi connectivity index (χ3n) is 1.97. The van der Waals surface area contributed by atoms with E-state index in [4.69, 9.17) is 0 Å². The lowest BCUT2D eigenvalue weighted by atomic mass is 10.2. The fourth-order valence-corrected chi connectivity index (χ4v) is 2.66. The molecule has 0 spiro atoms. The minimum atomic E-state index is 0.677. The molecule has 0 aliphatic rings. The van der Waals surface area contributed by atoms with E-state index in [2.05, 4.69) is 27.3 Å². The highest BCUT2D eigenvalue weighted by Crippen LogP contribution is 2.31. The van der Waals surface area contributed by atoms with Crippen LogP contribution in [0.15, 0.2) is 40.2 Å². The Bertz CT molecular complexity index is 464. The second-order valence-electron chi connectivity index (χ2n) is 2.94. The van der Waals surface area contributed by atoms with Crippen molar-refractivity contribution in [3.63, 3.8) is 0 Å². The van der Waals surface area contributed by atoms with Crippen LogP contribution >= 0.6 is 27.3 Å². The van der Waals surface area contributed by atoms with Gasteiger partial charge in [-0.1, -0.05) is 12.1 Å². The Morgan fingerprint density at radius 2 is 1.87 bits per heavy atom. The highest BCUT2D eigenvalue weighted by molar-refractivity contribution is 9.11. The molecular weight excluding hydrogens is 274 g/mol. The fraction of sp³-hybridized carbons (Fsp3) is 0. The Labute approximate surface area is 100 Å². The zero-order chi connectivity index (χ0) is 10.7. The molecule has 0 radical (unpaired) electrons. The maximum absolute atomic E-state index is 10.2. The maximum atomic E-state index is 10.2. The lowest BCUT2D eigenvalue weighted by Crippen LogP contribution is -1.92. The molecule has 0 aliphatic heterocycles. The van der Waals surface area contributed by atoms with E-state index in [1.807, 2.05) is 30.3 Å². The number of nitrogens with one attached hydrogen (secondary N) is 1. The smallest absolute Gasteiger partial charge is 0.211 e. The van der Waals surface area contributed by atoms with Gasteiger partial charge in [0.2, 0.25) is 6.41 Å². The number of carbonyl (C=O) groups is 1. The average molecular weight is 282 g/mol. The molecule has 0 saturated heterocycles. The first-order valence-electron chi connectivity index (χ1n) is 4.35. The van der Waals surface area contributed by atoms with Crippen LogP contribution < -0.4 is 5.32 Å². The molecule has 0 atom stereocenters. The van der Waals surface area contributed by atoms with Crippen molar-refractivity contribution >= 4 is 39.4 Å². The zero-order valence-corrected chi connectivity index (χ0v) is 10.1. The molecule has 0 aliphatic carbocycles. The van der Waals surface area contributed by atoms with Crippen molar-refractivity contribution in [2.75, 3.05) is 5.32 Å². The van der Waals surface area contributed by atoms with Gasteiger partial charge in [0.1, 0.15) is 0 Å². The molecule has 1 aromatic heterocycles. The predicted molar refractivity (Wildman–Crippen MR) is 67.1 cm³/mol. The Morgan fingerprint density at radius 1 is 1.13 bits per heavy atom. The van der Waals surface area contributed by atoms with Crippen molar-refractivity contribution in [3.8, 4) is 10.4 Å². The first-order valence-corrected chi connectivity index (χ1v) is 5.96. The van der Waals surface area contributed by atoms with E-state index in [0.29, 0.717) is 6.41 Å². The van der Waals surface area contributed by atoms with Gasteiger partial charge in [0.05, 0.1) is 3.79 Å². The van der Waals surface area contributed by atoms with Gasteiger partial charge in [-0.3, -0.25) is 4.79 Å². The molecule has 2 aromatic rings. The molecule has 1 aromatic carbocycles. The van der Waals surface area contributed by atoms with Gasteiger partial charge < -0.3 is 5.32 Å². The molecule has 0 fully saturated rings. The summed E-state index contributed by atoms with van der Waals surface area (Å²) in [5, 5.41) is 2.60. The molecule has 2 rings (SSSR count). The van der Waals surface area contributed by atoms with Gasteiger partial charge in [0.25, 0.3) is 0 Å². The largest absolute Gasteiger partial charge is 0.329 e. The van der Waals surface area contributed by atoms with E-state index in [9.17, 15) is 4.79 Å². The van der Waals surface area contributed by atoms with Crippen molar-refractivity contribution < 1.29 is 4.79 Å². The van der Waals surface area contributed by atoms with Crippen LogP contribution in [0.5, 0.6) is 0 Å². The van der Waals surface area contributed by atoms with E-state index in [1.165, 1.54) is 4.88 Å². The minimum absolute atomic E-state index is 0.677. The Morgan fingerprint density at radius 3 is 2.40 bits per heavy atom. The summed E-state index contributed by atoms with van der Waals surface area (Å²) in [6.07, 6.45) is 0.677. The number of rotatable bonds is 3. The van der Waals surface area contributed by atoms with E-state index in [-0.39, 0.29) is 0 Å². The monoisotopic (exact) mass is 281 g/mol. The van der Waals surface area contributed by atoms with Crippen LogP contribution in [0.3, 0.4) is 0 Å². The molecule has 15 heavy (non-hydrogen) atoms. The van der Waals surface area contributed by atoms with E-state index < -0.39 is 0 Å². The third-order valence-corrected chi connectivity index (χ3v) is 3.64. The Kier molecular flexibility index (Phi) is 3.18. The van der Waals surface area contributed by atoms with Crippen LogP contribution in [-0.2, 0) is 4.79 Å². The number of hydrogen-bond acceptors (Lipinski definition) is 2. The number of benzene rings is 1. The van der Waals surface area contributed by atoms with Crippen LogP contribution in [0.1, 0.15) is 0 Å². The van der Waals surface area contributed by atoms with Crippen molar-refractivity contribution in [3.05, 3.63) is 40.2 Å². The summed E-state index contributed by atoms with van der Waals surface area (Å²) in [4.78, 5) is 11.4. The van der Waals surface area contributed by atoms with Gasteiger partial charge in [0.15, 0.2) is 0 Å². The molecule has 2 nitrogen and oxygen atoms in total. The number of thiophene rings is 1. The summed E-state index contributed by atoms with van der Waals surface area (Å²) >= 11 is 5.12. The molecular formula is C11H8BrNOS. The number of amides is 1. The molecule has 4 heteroatoms. The highest BCUT2D eigenvalue weighted by Gasteiger charge is 2.00. The summed E-state index contributed by atoms with van der Waals surface area (Å²) in [6.45, 7) is 0. The van der Waals surface area contributed by atoms with Crippen LogP contribution in [0.2, 0.25) is 0 Å². The molecule has 1 amide bonds. The summed E-state index contributed by atoms with van der Waals surface area (Å²) in [6, 6.07) is 11.8. The lowest BCUT2D eigenvalue weighted by molar-refractivity contribution is -0.105. The van der Waals surface area contributed by atoms with Gasteiger partial charge in [-0.15, -0.1) is 11.3 Å². The van der Waals surface area contributed by atoms with Gasteiger partial charge in [-0.05, 0) is 45.8 Å². The first-order chi connectivity index (χ1) is 7.29. The van der Waals surface area contributed by atoms with Crippen molar-refractivity contribution in [1.82, 2.24) is 0 Å². The van der Waals surface area contributed by atoms with Gasteiger partial charge in [-0.2, -0.15) is 0 Å². The highest BCUT2D eigenvalue weighted by atomic mass is 79.9. The first kappa shape index (κ1) is 10.4. The molecule has 1 heterocycles. The zero-order valence-electron chi connectivity index (χ0n) is 7.74. The van der Waals surface area contributed by atoms with Gasteiger partial charge >= 0.3 is 0 Å². The fourth-order valence-electron chi connectivity index (χ4n) is 1.27. The molecule has 1 N–H and O–H groups in total. The van der Waals surface area contributed by atoms with Crippen molar-refractivity contribution in [2.45, 2.75) is 0 Å². The molecule has 0 unspecified atom stereocenters. The summed E-state index contributed by atoms with van der Waals surface area (Å²) in [7, 11) is 0. The summed E-state index contributed by atoms with van der Waals surface area (Å²) < 4.78 is 1.12. The standard InChI is InChI=1S/C11H8BrNOS/c12-11-6-5-10(15-11)8-1-3-9(4-2-8)13-7-14/h1-7H,(H,13,14). The molecule has 0 bridgehead atoms. The minimum Gasteiger partial charge on any atom is -0.329 e. The van der Waals surface area contributed by atoms with E-state index >= 15 is 0 Å². The maximum Gasteiger partial charge on any atom is 0.211 e. The van der Waals surface area contributed by atoms with Crippen LogP contribution in [0.25, 0.3) is 10.4 Å². The van der Waals surface area contributed by atoms with Crippen molar-refractivity contribution in [1.29, 1.82) is 0 Å². The van der Waals surface area contributed by atoms with Crippen molar-refractivity contribution in [2.24, 2.45) is 0 Å². The third kappa shape index (κ3) is 2.46. The van der Waals surface area contributed by atoms with Gasteiger partial charge in [0, 0.05) is 10.6 Å². The second-order valence-corrected chi connectivity index (χ2v) is 5.41. The lowest BCUT2D eigenvalue weighted by Gasteiger charge is -2.00. The van der Waals surface area contributed by atoms with E-state index in [0.717, 1.165) is 15.0 Å². The molecule has 76 valence electrons. The second kappa shape index (κ2) is 4.59. The number of carbonyl (C=O) groups excluding carboxylic acids is 1. The Balaban J connectivity index is 2.27. The average Bonchev–Trinajstić information content (AvgIpc) is 2.67. The van der Waals surface area contributed by atoms with Crippen LogP contribution in [-0.4, -0.2) is 6.41 Å². The summed E-state index contributed by atoms with van der Waals surface area (Å²) in [5.41, 5.74) is 1.96. The van der Waals surface area contributed by atoms with Crippen LogP contribution in [0, 0.1) is 0 Å². The number of anilines is 1. The SMILES string of the molecule is O=CNc1ccc(-c2ccc(Br)s2)cc1. The number of halogens is 1. The quantitative estimate of drug-likeness (QED) is 0.853. The van der Waals surface area contributed by atoms with Gasteiger partial charge in [-0.25, -0.2) is 0 Å². The summed E-state index contributed by atoms with van der Waals surface area (Å²) in [5.74, 6) is 0. The topological polar surface area (TPSA) is 29.1 Å². The predicted octanol–water partition coefficient (Wildman–Crippen LogP) is 3.75. The molecule has 0 saturated carbocycles.